The van der Waals surface area contributed by atoms with Gasteiger partial charge in [-0.1, -0.05) is 11.6 Å². The fourth-order valence-corrected chi connectivity index (χ4v) is 4.90. The number of primary amides is 1. The van der Waals surface area contributed by atoms with E-state index in [0.29, 0.717) is 46.8 Å². The largest absolute Gasteiger partial charge is 0.497 e. The summed E-state index contributed by atoms with van der Waals surface area (Å²) >= 11 is 6.48. The standard InChI is InChI=1S/C27H37ClN4O5/c1-35-20-11-19(12-21(13-20)36-2)17-37-26-15-24(29)23(28)14-22(26)25(5-3-4-10-33)32-8-6-18(7-9-32)16-31-27(30)34/h10-15,18,25H,3-9,16-17,29H2,1-2H3,(H3,30,31,34). The second-order valence-electron chi connectivity index (χ2n) is 9.26. The highest BCUT2D eigenvalue weighted by Gasteiger charge is 2.29. The van der Waals surface area contributed by atoms with Crippen LogP contribution in [0, 0.1) is 5.92 Å². The zero-order valence-electron chi connectivity index (χ0n) is 21.5. The Morgan fingerprint density at radius 3 is 2.43 bits per heavy atom. The third kappa shape index (κ3) is 8.16. The van der Waals surface area contributed by atoms with Gasteiger partial charge < -0.3 is 35.8 Å². The number of methoxy groups -OCH3 is 2. The summed E-state index contributed by atoms with van der Waals surface area (Å²) in [5.41, 5.74) is 13.7. The second-order valence-corrected chi connectivity index (χ2v) is 9.67. The van der Waals surface area contributed by atoms with Gasteiger partial charge in [0.15, 0.2) is 0 Å². The van der Waals surface area contributed by atoms with Crippen LogP contribution in [0.25, 0.3) is 0 Å². The number of carbonyl (C=O) groups is 2. The van der Waals surface area contributed by atoms with Gasteiger partial charge in [0, 0.05) is 36.7 Å². The van der Waals surface area contributed by atoms with Gasteiger partial charge in [0.1, 0.15) is 30.1 Å². The van der Waals surface area contributed by atoms with Crippen LogP contribution in [-0.4, -0.2) is 51.1 Å². The van der Waals surface area contributed by atoms with E-state index in [4.69, 9.17) is 37.3 Å². The van der Waals surface area contributed by atoms with Crippen molar-refractivity contribution in [2.24, 2.45) is 11.7 Å². The number of unbranched alkanes of at least 4 members (excludes halogenated alkanes) is 1. The molecule has 10 heteroatoms. The maximum absolute atomic E-state index is 11.1. The van der Waals surface area contributed by atoms with Gasteiger partial charge in [0.05, 0.1) is 24.9 Å². The van der Waals surface area contributed by atoms with Crippen molar-refractivity contribution in [3.8, 4) is 17.2 Å². The van der Waals surface area contributed by atoms with E-state index in [9.17, 15) is 9.59 Å². The van der Waals surface area contributed by atoms with E-state index in [1.165, 1.54) is 0 Å². The number of urea groups is 1. The summed E-state index contributed by atoms with van der Waals surface area (Å²) in [6.45, 7) is 2.53. The third-order valence-electron chi connectivity index (χ3n) is 6.75. The third-order valence-corrected chi connectivity index (χ3v) is 7.08. The molecule has 1 unspecified atom stereocenters. The number of amides is 2. The Morgan fingerprint density at radius 2 is 1.84 bits per heavy atom. The maximum atomic E-state index is 11.1. The lowest BCUT2D eigenvalue weighted by atomic mass is 9.91. The predicted molar refractivity (Wildman–Crippen MR) is 144 cm³/mol. The zero-order chi connectivity index (χ0) is 26.8. The monoisotopic (exact) mass is 532 g/mol. The van der Waals surface area contributed by atoms with Gasteiger partial charge in [-0.05, 0) is 68.5 Å². The van der Waals surface area contributed by atoms with Crippen molar-refractivity contribution in [2.45, 2.75) is 44.8 Å². The van der Waals surface area contributed by atoms with Crippen LogP contribution in [0.4, 0.5) is 10.5 Å². The van der Waals surface area contributed by atoms with Gasteiger partial charge in [-0.25, -0.2) is 4.79 Å². The number of carbonyl (C=O) groups excluding carboxylic acids is 2. The van der Waals surface area contributed by atoms with E-state index in [2.05, 4.69) is 10.2 Å². The zero-order valence-corrected chi connectivity index (χ0v) is 22.3. The molecule has 1 atom stereocenters. The van der Waals surface area contributed by atoms with E-state index in [0.717, 1.165) is 56.2 Å². The number of hydrogen-bond acceptors (Lipinski definition) is 7. The summed E-state index contributed by atoms with van der Waals surface area (Å²) in [4.78, 5) is 24.6. The number of aldehydes is 1. The molecule has 9 nitrogen and oxygen atoms in total. The Morgan fingerprint density at radius 1 is 1.16 bits per heavy atom. The minimum atomic E-state index is -0.499. The van der Waals surface area contributed by atoms with Crippen molar-refractivity contribution in [3.05, 3.63) is 46.5 Å². The first-order valence-electron chi connectivity index (χ1n) is 12.5. The lowest BCUT2D eigenvalue weighted by Gasteiger charge is -2.38. The Hall–Kier alpha value is -3.17. The van der Waals surface area contributed by atoms with Crippen LogP contribution in [0.3, 0.4) is 0 Å². The highest BCUT2D eigenvalue weighted by atomic mass is 35.5. The van der Waals surface area contributed by atoms with Crippen LogP contribution in [-0.2, 0) is 11.4 Å². The molecule has 37 heavy (non-hydrogen) atoms. The fourth-order valence-electron chi connectivity index (χ4n) is 4.72. The number of ether oxygens (including phenoxy) is 3. The summed E-state index contributed by atoms with van der Waals surface area (Å²) in [5.74, 6) is 2.37. The van der Waals surface area contributed by atoms with Crippen molar-refractivity contribution >= 4 is 29.6 Å². The molecule has 0 aromatic heterocycles. The number of nitrogens with one attached hydrogen (secondary N) is 1. The first-order valence-corrected chi connectivity index (χ1v) is 12.9. The van der Waals surface area contributed by atoms with Gasteiger partial charge in [-0.3, -0.25) is 4.90 Å². The Balaban J connectivity index is 1.84. The van der Waals surface area contributed by atoms with Crippen LogP contribution in [0.1, 0.15) is 49.3 Å². The molecule has 1 fully saturated rings. The molecule has 0 saturated carbocycles. The molecule has 3 rings (SSSR count). The Labute approximate surface area is 223 Å². The first-order chi connectivity index (χ1) is 17.8. The minimum absolute atomic E-state index is 0.00190. The van der Waals surface area contributed by atoms with Gasteiger partial charge >= 0.3 is 6.03 Å². The molecule has 0 spiro atoms. The van der Waals surface area contributed by atoms with E-state index < -0.39 is 6.03 Å². The highest BCUT2D eigenvalue weighted by molar-refractivity contribution is 6.33. The summed E-state index contributed by atoms with van der Waals surface area (Å²) in [6, 6.07) is 8.75. The molecule has 202 valence electrons. The normalized spacial score (nSPS) is 15.1. The number of piperidine rings is 1. The second kappa shape index (κ2) is 13.9. The van der Waals surface area contributed by atoms with Gasteiger partial charge in [0.2, 0.25) is 0 Å². The Kier molecular flexibility index (Phi) is 10.7. The maximum Gasteiger partial charge on any atom is 0.312 e. The van der Waals surface area contributed by atoms with Crippen LogP contribution in [0.15, 0.2) is 30.3 Å². The van der Waals surface area contributed by atoms with Crippen molar-refractivity contribution in [3.63, 3.8) is 0 Å². The minimum Gasteiger partial charge on any atom is -0.497 e. The number of benzene rings is 2. The molecule has 0 bridgehead atoms. The summed E-state index contributed by atoms with van der Waals surface area (Å²) in [7, 11) is 3.21. The van der Waals surface area contributed by atoms with E-state index in [1.54, 1.807) is 26.4 Å². The van der Waals surface area contributed by atoms with Gasteiger partial charge in [0.25, 0.3) is 0 Å². The molecular formula is C27H37ClN4O5. The fraction of sp³-hybridized carbons (Fsp3) is 0.481. The number of nitrogens with two attached hydrogens (primary N) is 2. The van der Waals surface area contributed by atoms with E-state index >= 15 is 0 Å². The Bertz CT molecular complexity index is 1040. The number of likely N-dealkylation sites (tertiary alicyclic amines) is 1. The number of nitrogens with zero attached hydrogens (tertiary/aromatic N) is 1. The quantitative estimate of drug-likeness (QED) is 0.199. The van der Waals surface area contributed by atoms with Crippen molar-refractivity contribution in [1.29, 1.82) is 0 Å². The van der Waals surface area contributed by atoms with Crippen LogP contribution in [0.5, 0.6) is 17.2 Å². The first kappa shape index (κ1) is 28.4. The molecule has 1 saturated heterocycles. The molecule has 1 aliphatic rings. The molecule has 0 radical (unpaired) electrons. The highest BCUT2D eigenvalue weighted by Crippen LogP contribution is 2.40. The lowest BCUT2D eigenvalue weighted by molar-refractivity contribution is -0.108. The van der Waals surface area contributed by atoms with E-state index in [-0.39, 0.29) is 12.6 Å². The summed E-state index contributed by atoms with van der Waals surface area (Å²) in [5, 5.41) is 3.18. The average molecular weight is 533 g/mol. The topological polar surface area (TPSA) is 129 Å². The summed E-state index contributed by atoms with van der Waals surface area (Å²) < 4.78 is 17.1. The predicted octanol–water partition coefficient (Wildman–Crippen LogP) is 4.31. The molecule has 0 aliphatic carbocycles. The molecule has 1 heterocycles. The molecular weight excluding hydrogens is 496 g/mol. The molecule has 2 amide bonds. The van der Waals surface area contributed by atoms with E-state index in [1.807, 2.05) is 18.2 Å². The van der Waals surface area contributed by atoms with Crippen LogP contribution < -0.4 is 31.0 Å². The molecule has 2 aromatic rings. The number of hydrogen-bond donors (Lipinski definition) is 3. The summed E-state index contributed by atoms with van der Waals surface area (Å²) in [6.07, 6.45) is 4.79. The number of anilines is 1. The SMILES string of the molecule is COc1cc(COc2cc(N)c(Cl)cc2C(CCCC=O)N2CCC(CNC(N)=O)CC2)cc(OC)c1. The molecule has 5 N–H and O–H groups in total. The lowest BCUT2D eigenvalue weighted by Crippen LogP contribution is -2.41. The average Bonchev–Trinajstić information content (AvgIpc) is 2.90. The van der Waals surface area contributed by atoms with Crippen LogP contribution in [0.2, 0.25) is 5.02 Å². The van der Waals surface area contributed by atoms with Crippen LogP contribution >= 0.6 is 11.6 Å². The van der Waals surface area contributed by atoms with Crippen molar-refractivity contribution in [2.75, 3.05) is 39.6 Å². The smallest absolute Gasteiger partial charge is 0.312 e. The van der Waals surface area contributed by atoms with Crippen molar-refractivity contribution < 1.29 is 23.8 Å². The van der Waals surface area contributed by atoms with Gasteiger partial charge in [-0.15, -0.1) is 0 Å². The van der Waals surface area contributed by atoms with Gasteiger partial charge in [-0.2, -0.15) is 0 Å². The number of rotatable bonds is 13. The number of nitrogen functional groups attached to an aromatic ring is 1. The van der Waals surface area contributed by atoms with Crippen molar-refractivity contribution in [1.82, 2.24) is 10.2 Å². The molecule has 1 aliphatic heterocycles. The number of halogens is 1. The molecule has 2 aromatic carbocycles.